The van der Waals surface area contributed by atoms with Crippen LogP contribution in [0.5, 0.6) is 5.75 Å². The van der Waals surface area contributed by atoms with Crippen LogP contribution in [0, 0.1) is 17.7 Å². The van der Waals surface area contributed by atoms with Crippen LogP contribution in [0.1, 0.15) is 44.1 Å². The second kappa shape index (κ2) is 13.2. The van der Waals surface area contributed by atoms with Crippen molar-refractivity contribution in [3.05, 3.63) is 64.9 Å². The van der Waals surface area contributed by atoms with Crippen LogP contribution in [0.3, 0.4) is 0 Å². The molecule has 5 rings (SSSR count). The molecule has 3 aliphatic heterocycles. The molecule has 2 atom stereocenters. The molecule has 2 aromatic rings. The molecule has 3 heterocycles. The number of amides is 3. The molecule has 0 spiro atoms. The summed E-state index contributed by atoms with van der Waals surface area (Å²) in [5, 5.41) is 0.612. The topological polar surface area (TPSA) is 79.4 Å². The Hall–Kier alpha value is -3.17. The summed E-state index contributed by atoms with van der Waals surface area (Å²) in [4.78, 5) is 45.5. The van der Waals surface area contributed by atoms with Crippen molar-refractivity contribution in [1.29, 1.82) is 0 Å². The molecule has 0 aliphatic carbocycles. The first-order chi connectivity index (χ1) is 19.8. The number of likely N-dealkylation sites (tertiary alicyclic amines) is 2. The number of carbonyl (C=O) groups excluding carboxylic acids is 3. The molecule has 2 unspecified atom stereocenters. The molecule has 0 saturated carbocycles. The molecule has 220 valence electrons. The Balaban J connectivity index is 1.27. The number of hydrogen-bond donors (Lipinski definition) is 0. The minimum absolute atomic E-state index is 0.0187. The van der Waals surface area contributed by atoms with Gasteiger partial charge in [0, 0.05) is 68.7 Å². The average Bonchev–Trinajstić information content (AvgIpc) is 3.44. The maximum Gasteiger partial charge on any atom is 0.415 e. The van der Waals surface area contributed by atoms with Crippen molar-refractivity contribution < 1.29 is 28.2 Å². The van der Waals surface area contributed by atoms with E-state index in [4.69, 9.17) is 21.1 Å². The van der Waals surface area contributed by atoms with Crippen LogP contribution in [0.15, 0.2) is 48.5 Å². The fraction of sp³-hybridized carbons (Fsp3) is 0.516. The van der Waals surface area contributed by atoms with Gasteiger partial charge in [0.25, 0.3) is 0 Å². The minimum atomic E-state index is -0.544. The Bertz CT molecular complexity index is 1210. The van der Waals surface area contributed by atoms with Crippen molar-refractivity contribution in [3.63, 3.8) is 0 Å². The van der Waals surface area contributed by atoms with Gasteiger partial charge in [-0.25, -0.2) is 9.18 Å². The lowest BCUT2D eigenvalue weighted by Gasteiger charge is -2.36. The zero-order valence-corrected chi connectivity index (χ0v) is 24.1. The minimum Gasteiger partial charge on any atom is -0.410 e. The van der Waals surface area contributed by atoms with Crippen LogP contribution in [-0.2, 0) is 14.3 Å². The lowest BCUT2D eigenvalue weighted by molar-refractivity contribution is -0.144. The summed E-state index contributed by atoms with van der Waals surface area (Å²) in [6.07, 6.45) is 2.24. The zero-order valence-electron chi connectivity index (χ0n) is 23.3. The van der Waals surface area contributed by atoms with Crippen LogP contribution in [0.4, 0.5) is 9.18 Å². The van der Waals surface area contributed by atoms with E-state index in [-0.39, 0.29) is 41.4 Å². The van der Waals surface area contributed by atoms with Gasteiger partial charge >= 0.3 is 6.09 Å². The molecule has 0 bridgehead atoms. The second-order valence-electron chi connectivity index (χ2n) is 11.1. The van der Waals surface area contributed by atoms with Gasteiger partial charge in [-0.1, -0.05) is 23.7 Å². The van der Waals surface area contributed by atoms with Gasteiger partial charge in [0.2, 0.25) is 11.8 Å². The number of piperidine rings is 1. The first-order valence-electron chi connectivity index (χ1n) is 14.5. The number of benzene rings is 2. The fourth-order valence-corrected chi connectivity index (χ4v) is 6.41. The molecule has 0 aromatic heterocycles. The summed E-state index contributed by atoms with van der Waals surface area (Å²) in [7, 11) is 0. The van der Waals surface area contributed by atoms with Crippen molar-refractivity contribution in [2.75, 3.05) is 45.9 Å². The van der Waals surface area contributed by atoms with E-state index in [1.165, 1.54) is 24.3 Å². The van der Waals surface area contributed by atoms with E-state index in [1.54, 1.807) is 4.90 Å². The van der Waals surface area contributed by atoms with Crippen molar-refractivity contribution in [1.82, 2.24) is 14.7 Å². The summed E-state index contributed by atoms with van der Waals surface area (Å²) in [5.41, 5.74) is 0.986. The van der Waals surface area contributed by atoms with Crippen molar-refractivity contribution in [3.8, 4) is 5.75 Å². The first kappa shape index (κ1) is 29.3. The number of rotatable bonds is 6. The molecule has 3 saturated heterocycles. The van der Waals surface area contributed by atoms with E-state index in [1.807, 2.05) is 41.0 Å². The van der Waals surface area contributed by atoms with Gasteiger partial charge in [-0.3, -0.25) is 9.59 Å². The standard InChI is InChI=1S/C31H37ClFN3O5/c1-2-36(31(39)41-26-9-7-25(33)8-10-26)28-20-35(19-27(28)21-3-5-24(32)6-4-21)30(38)22-11-15-34(16-12-22)29(37)23-13-17-40-18-14-23/h3-10,22-23,27-28H,2,11-20H2,1H3. The van der Waals surface area contributed by atoms with Gasteiger partial charge < -0.3 is 24.2 Å². The smallest absolute Gasteiger partial charge is 0.410 e. The molecule has 8 nitrogen and oxygen atoms in total. The number of hydrogen-bond acceptors (Lipinski definition) is 5. The van der Waals surface area contributed by atoms with E-state index < -0.39 is 11.9 Å². The summed E-state index contributed by atoms with van der Waals surface area (Å²) in [5.74, 6) is -0.194. The molecular formula is C31H37ClFN3O5. The maximum absolute atomic E-state index is 13.8. The highest BCUT2D eigenvalue weighted by molar-refractivity contribution is 6.30. The highest BCUT2D eigenvalue weighted by Crippen LogP contribution is 2.35. The molecule has 3 fully saturated rings. The number of nitrogens with zero attached hydrogens (tertiary/aromatic N) is 3. The first-order valence-corrected chi connectivity index (χ1v) is 14.9. The Kier molecular flexibility index (Phi) is 9.45. The Labute approximate surface area is 245 Å². The highest BCUT2D eigenvalue weighted by Gasteiger charge is 2.43. The van der Waals surface area contributed by atoms with Gasteiger partial charge in [-0.05, 0) is 74.6 Å². The maximum atomic E-state index is 13.8. The Morgan fingerprint density at radius 2 is 1.51 bits per heavy atom. The van der Waals surface area contributed by atoms with Crippen LogP contribution in [0.2, 0.25) is 5.02 Å². The molecule has 3 amide bonds. The zero-order chi connectivity index (χ0) is 28.9. The molecule has 0 N–H and O–H groups in total. The quantitative estimate of drug-likeness (QED) is 0.479. The monoisotopic (exact) mass is 585 g/mol. The lowest BCUT2D eigenvalue weighted by atomic mass is 9.92. The summed E-state index contributed by atoms with van der Waals surface area (Å²) < 4.78 is 24.3. The van der Waals surface area contributed by atoms with E-state index in [2.05, 4.69) is 0 Å². The number of ether oxygens (including phenoxy) is 2. The molecule has 3 aliphatic rings. The Morgan fingerprint density at radius 1 is 0.902 bits per heavy atom. The second-order valence-corrected chi connectivity index (χ2v) is 11.5. The Morgan fingerprint density at radius 3 is 2.15 bits per heavy atom. The SMILES string of the molecule is CCN(C(=O)Oc1ccc(F)cc1)C1CN(C(=O)C2CCN(C(=O)C3CCOCC3)CC2)CC1c1ccc(Cl)cc1. The van der Waals surface area contributed by atoms with E-state index in [0.717, 1.165) is 18.4 Å². The van der Waals surface area contributed by atoms with Crippen LogP contribution in [0.25, 0.3) is 0 Å². The third kappa shape index (κ3) is 6.84. The third-order valence-corrected chi connectivity index (χ3v) is 8.87. The van der Waals surface area contributed by atoms with Gasteiger partial charge in [-0.15, -0.1) is 0 Å². The average molecular weight is 586 g/mol. The van der Waals surface area contributed by atoms with Gasteiger partial charge in [0.05, 0.1) is 6.04 Å². The van der Waals surface area contributed by atoms with Gasteiger partial charge in [0.1, 0.15) is 11.6 Å². The molecule has 41 heavy (non-hydrogen) atoms. The predicted octanol–water partition coefficient (Wildman–Crippen LogP) is 4.96. The van der Waals surface area contributed by atoms with E-state index in [0.29, 0.717) is 63.8 Å². The normalized spacial score (nSPS) is 22.0. The van der Waals surface area contributed by atoms with Crippen molar-refractivity contribution >= 4 is 29.5 Å². The predicted molar refractivity (Wildman–Crippen MR) is 152 cm³/mol. The summed E-state index contributed by atoms with van der Waals surface area (Å²) in [6, 6.07) is 12.5. The van der Waals surface area contributed by atoms with Gasteiger partial charge in [-0.2, -0.15) is 0 Å². The number of likely N-dealkylation sites (N-methyl/N-ethyl adjacent to an activating group) is 1. The van der Waals surface area contributed by atoms with Crippen molar-refractivity contribution in [2.45, 2.75) is 44.6 Å². The number of halogens is 2. The third-order valence-electron chi connectivity index (χ3n) is 8.62. The van der Waals surface area contributed by atoms with E-state index in [9.17, 15) is 18.8 Å². The van der Waals surface area contributed by atoms with Crippen LogP contribution >= 0.6 is 11.6 Å². The molecular weight excluding hydrogens is 549 g/mol. The molecule has 0 radical (unpaired) electrons. The molecule has 10 heteroatoms. The lowest BCUT2D eigenvalue weighted by Crippen LogP contribution is -2.48. The summed E-state index contributed by atoms with van der Waals surface area (Å²) >= 11 is 6.15. The largest absolute Gasteiger partial charge is 0.415 e. The highest BCUT2D eigenvalue weighted by atomic mass is 35.5. The van der Waals surface area contributed by atoms with Gasteiger partial charge in [0.15, 0.2) is 0 Å². The number of carbonyl (C=O) groups is 3. The van der Waals surface area contributed by atoms with Crippen molar-refractivity contribution in [2.24, 2.45) is 11.8 Å². The fourth-order valence-electron chi connectivity index (χ4n) is 6.29. The van der Waals surface area contributed by atoms with E-state index >= 15 is 0 Å². The van der Waals surface area contributed by atoms with Crippen LogP contribution < -0.4 is 4.74 Å². The summed E-state index contributed by atoms with van der Waals surface area (Å²) in [6.45, 7) is 5.51. The molecule has 2 aromatic carbocycles. The van der Waals surface area contributed by atoms with Crippen LogP contribution in [-0.4, -0.2) is 84.6 Å².